The van der Waals surface area contributed by atoms with Crippen molar-refractivity contribution in [1.29, 1.82) is 0 Å². The van der Waals surface area contributed by atoms with Gasteiger partial charge in [-0.1, -0.05) is 42.5 Å². The van der Waals surface area contributed by atoms with Crippen molar-refractivity contribution >= 4 is 23.2 Å². The van der Waals surface area contributed by atoms with E-state index in [2.05, 4.69) is 5.32 Å². The molecule has 5 nitrogen and oxygen atoms in total. The molecule has 2 amide bonds. The standard InChI is InChI=1S/C29H30FN3O2/c1-32-24(19-21-8-7-9-22(30)18-21)20-29(28(32)35)14-16-33(17-15-29)27(34)25-12-5-6-13-26(25)31-23-10-3-2-4-11-23/h2-13,18,24,31H,14-17,19-20H2,1H3/t24-/m0/s1. The average molecular weight is 472 g/mol. The number of carbonyl (C=O) groups is 2. The van der Waals surface area contributed by atoms with Gasteiger partial charge < -0.3 is 15.1 Å². The number of nitrogens with zero attached hydrogens (tertiary/aromatic N) is 2. The molecule has 6 heteroatoms. The average Bonchev–Trinajstić information content (AvgIpc) is 3.09. The molecular weight excluding hydrogens is 441 g/mol. The summed E-state index contributed by atoms with van der Waals surface area (Å²) < 4.78 is 13.6. The summed E-state index contributed by atoms with van der Waals surface area (Å²) in [5.74, 6) is -0.121. The van der Waals surface area contributed by atoms with E-state index in [9.17, 15) is 14.0 Å². The van der Waals surface area contributed by atoms with E-state index in [0.717, 1.165) is 23.4 Å². The first-order valence-corrected chi connectivity index (χ1v) is 12.2. The number of hydrogen-bond donors (Lipinski definition) is 1. The predicted octanol–water partition coefficient (Wildman–Crippen LogP) is 5.27. The molecule has 0 unspecified atom stereocenters. The monoisotopic (exact) mass is 471 g/mol. The molecule has 5 rings (SSSR count). The number of carbonyl (C=O) groups excluding carboxylic acids is 2. The Morgan fingerprint density at radius 3 is 2.46 bits per heavy atom. The van der Waals surface area contributed by atoms with E-state index in [-0.39, 0.29) is 23.7 Å². The molecule has 0 aromatic heterocycles. The summed E-state index contributed by atoms with van der Waals surface area (Å²) in [6.07, 6.45) is 2.68. The van der Waals surface area contributed by atoms with Crippen LogP contribution >= 0.6 is 0 Å². The highest BCUT2D eigenvalue weighted by atomic mass is 19.1. The highest BCUT2D eigenvalue weighted by molar-refractivity contribution is 6.00. The van der Waals surface area contributed by atoms with E-state index < -0.39 is 5.41 Å². The Morgan fingerprint density at radius 2 is 1.71 bits per heavy atom. The summed E-state index contributed by atoms with van der Waals surface area (Å²) in [7, 11) is 1.85. The maximum absolute atomic E-state index is 13.6. The molecule has 35 heavy (non-hydrogen) atoms. The van der Waals surface area contributed by atoms with Gasteiger partial charge in [-0.2, -0.15) is 0 Å². The minimum Gasteiger partial charge on any atom is -0.355 e. The molecular formula is C29H30FN3O2. The fourth-order valence-corrected chi connectivity index (χ4v) is 5.54. The summed E-state index contributed by atoms with van der Waals surface area (Å²) in [4.78, 5) is 30.4. The van der Waals surface area contributed by atoms with E-state index in [1.54, 1.807) is 12.1 Å². The fraction of sp³-hybridized carbons (Fsp3) is 0.310. The maximum atomic E-state index is 13.6. The van der Waals surface area contributed by atoms with Crippen LogP contribution in [-0.2, 0) is 11.2 Å². The molecule has 1 spiro atoms. The molecule has 2 heterocycles. The van der Waals surface area contributed by atoms with E-state index in [1.807, 2.05) is 77.5 Å². The zero-order chi connectivity index (χ0) is 24.4. The molecule has 2 fully saturated rings. The number of benzene rings is 3. The second-order valence-corrected chi connectivity index (χ2v) is 9.72. The third kappa shape index (κ3) is 4.65. The number of nitrogens with one attached hydrogen (secondary N) is 1. The zero-order valence-electron chi connectivity index (χ0n) is 19.9. The molecule has 1 atom stereocenters. The van der Waals surface area contributed by atoms with E-state index in [0.29, 0.717) is 37.9 Å². The predicted molar refractivity (Wildman–Crippen MR) is 135 cm³/mol. The molecule has 0 saturated carbocycles. The van der Waals surface area contributed by atoms with Crippen molar-refractivity contribution in [3.63, 3.8) is 0 Å². The third-order valence-electron chi connectivity index (χ3n) is 7.53. The fourth-order valence-electron chi connectivity index (χ4n) is 5.54. The van der Waals surface area contributed by atoms with Gasteiger partial charge in [0.05, 0.1) is 16.7 Å². The smallest absolute Gasteiger partial charge is 0.255 e. The first-order chi connectivity index (χ1) is 16.9. The third-order valence-corrected chi connectivity index (χ3v) is 7.53. The van der Waals surface area contributed by atoms with Gasteiger partial charge in [-0.3, -0.25) is 9.59 Å². The minimum absolute atomic E-state index is 0.0195. The number of para-hydroxylation sites is 2. The quantitative estimate of drug-likeness (QED) is 0.552. The van der Waals surface area contributed by atoms with Gasteiger partial charge in [0.1, 0.15) is 5.82 Å². The number of likely N-dealkylation sites (N-methyl/N-ethyl adjacent to an activating group) is 1. The van der Waals surface area contributed by atoms with Crippen LogP contribution in [0.4, 0.5) is 15.8 Å². The van der Waals surface area contributed by atoms with Gasteiger partial charge in [0.2, 0.25) is 5.91 Å². The SMILES string of the molecule is CN1C(=O)C2(CCN(C(=O)c3ccccc3Nc3ccccc3)CC2)C[C@@H]1Cc1cccc(F)c1. The molecule has 0 bridgehead atoms. The molecule has 0 aliphatic carbocycles. The Labute approximate surface area is 205 Å². The van der Waals surface area contributed by atoms with Crippen LogP contribution in [0.2, 0.25) is 0 Å². The Hall–Kier alpha value is -3.67. The summed E-state index contributed by atoms with van der Waals surface area (Å²) in [6.45, 7) is 1.09. The lowest BCUT2D eigenvalue weighted by atomic mass is 9.75. The van der Waals surface area contributed by atoms with Gasteiger partial charge in [0, 0.05) is 31.9 Å². The first-order valence-electron chi connectivity index (χ1n) is 12.2. The summed E-state index contributed by atoms with van der Waals surface area (Å²) >= 11 is 0. The van der Waals surface area contributed by atoms with Gasteiger partial charge in [-0.15, -0.1) is 0 Å². The highest BCUT2D eigenvalue weighted by Gasteiger charge is 2.51. The van der Waals surface area contributed by atoms with Crippen LogP contribution in [0.3, 0.4) is 0 Å². The summed E-state index contributed by atoms with van der Waals surface area (Å²) in [5.41, 5.74) is 2.80. The van der Waals surface area contributed by atoms with Crippen molar-refractivity contribution in [1.82, 2.24) is 9.80 Å². The molecule has 1 N–H and O–H groups in total. The number of piperidine rings is 1. The lowest BCUT2D eigenvalue weighted by Crippen LogP contribution is -2.46. The molecule has 180 valence electrons. The van der Waals surface area contributed by atoms with Crippen LogP contribution in [0, 0.1) is 11.2 Å². The Kier molecular flexibility index (Phi) is 6.29. The largest absolute Gasteiger partial charge is 0.355 e. The van der Waals surface area contributed by atoms with Gasteiger partial charge in [-0.25, -0.2) is 4.39 Å². The van der Waals surface area contributed by atoms with Crippen molar-refractivity contribution in [2.45, 2.75) is 31.7 Å². The number of hydrogen-bond acceptors (Lipinski definition) is 3. The number of rotatable bonds is 5. The lowest BCUT2D eigenvalue weighted by molar-refractivity contribution is -0.137. The van der Waals surface area contributed by atoms with Crippen LogP contribution in [-0.4, -0.2) is 47.8 Å². The topological polar surface area (TPSA) is 52.7 Å². The summed E-state index contributed by atoms with van der Waals surface area (Å²) in [5, 5.41) is 3.35. The van der Waals surface area contributed by atoms with E-state index >= 15 is 0 Å². The van der Waals surface area contributed by atoms with E-state index in [4.69, 9.17) is 0 Å². The summed E-state index contributed by atoms with van der Waals surface area (Å²) in [6, 6.07) is 24.0. The molecule has 3 aromatic carbocycles. The van der Waals surface area contributed by atoms with Crippen molar-refractivity contribution in [2.24, 2.45) is 5.41 Å². The van der Waals surface area contributed by atoms with Crippen molar-refractivity contribution in [3.8, 4) is 0 Å². The minimum atomic E-state index is -0.439. The van der Waals surface area contributed by atoms with Gasteiger partial charge in [0.15, 0.2) is 0 Å². The van der Waals surface area contributed by atoms with Crippen molar-refractivity contribution < 1.29 is 14.0 Å². The van der Waals surface area contributed by atoms with Crippen LogP contribution in [0.1, 0.15) is 35.2 Å². The van der Waals surface area contributed by atoms with Crippen LogP contribution < -0.4 is 5.32 Å². The molecule has 3 aromatic rings. The maximum Gasteiger partial charge on any atom is 0.255 e. The van der Waals surface area contributed by atoms with Crippen molar-refractivity contribution in [3.05, 3.63) is 95.8 Å². The van der Waals surface area contributed by atoms with Crippen molar-refractivity contribution in [2.75, 3.05) is 25.5 Å². The molecule has 0 radical (unpaired) electrons. The Morgan fingerprint density at radius 1 is 1.00 bits per heavy atom. The zero-order valence-corrected chi connectivity index (χ0v) is 19.9. The molecule has 2 aliphatic heterocycles. The van der Waals surface area contributed by atoms with Crippen LogP contribution in [0.5, 0.6) is 0 Å². The molecule has 2 aliphatic rings. The highest BCUT2D eigenvalue weighted by Crippen LogP contribution is 2.45. The number of amides is 2. The van der Waals surface area contributed by atoms with Gasteiger partial charge >= 0.3 is 0 Å². The first kappa shape index (κ1) is 23.1. The molecule has 2 saturated heterocycles. The number of likely N-dealkylation sites (tertiary alicyclic amines) is 2. The Bertz CT molecular complexity index is 1220. The van der Waals surface area contributed by atoms with Crippen LogP contribution in [0.15, 0.2) is 78.9 Å². The normalized spacial score (nSPS) is 19.3. The number of anilines is 2. The second-order valence-electron chi connectivity index (χ2n) is 9.72. The van der Waals surface area contributed by atoms with E-state index in [1.165, 1.54) is 6.07 Å². The second kappa shape index (κ2) is 9.53. The lowest BCUT2D eigenvalue weighted by Gasteiger charge is -2.38. The van der Waals surface area contributed by atoms with Gasteiger partial charge in [-0.05, 0) is 67.6 Å². The van der Waals surface area contributed by atoms with Gasteiger partial charge in [0.25, 0.3) is 5.91 Å². The van der Waals surface area contributed by atoms with Crippen LogP contribution in [0.25, 0.3) is 0 Å². The Balaban J connectivity index is 1.26. The number of halogens is 1.